The van der Waals surface area contributed by atoms with Crippen LogP contribution in [0.5, 0.6) is 0 Å². The number of benzene rings is 1. The van der Waals surface area contributed by atoms with Gasteiger partial charge in [-0.3, -0.25) is 4.90 Å². The molecule has 1 atom stereocenters. The maximum Gasteiger partial charge on any atom is 0.0594 e. The Labute approximate surface area is 115 Å². The van der Waals surface area contributed by atoms with Crippen molar-refractivity contribution in [3.63, 3.8) is 0 Å². The molecule has 0 N–H and O–H groups in total. The molecule has 0 aliphatic carbocycles. The Bertz CT molecular complexity index is 357. The SMILES string of the molecule is CSc1ccc(C(C(C)C)N2CCOCC2)cc1. The van der Waals surface area contributed by atoms with Gasteiger partial charge in [-0.15, -0.1) is 11.8 Å². The molecule has 1 unspecified atom stereocenters. The number of rotatable bonds is 4. The zero-order valence-corrected chi connectivity index (χ0v) is 12.4. The quantitative estimate of drug-likeness (QED) is 0.774. The first-order chi connectivity index (χ1) is 8.72. The third-order valence-corrected chi connectivity index (χ3v) is 4.27. The molecule has 1 aromatic rings. The molecule has 18 heavy (non-hydrogen) atoms. The second kappa shape index (κ2) is 6.60. The molecule has 2 rings (SSSR count). The Balaban J connectivity index is 2.17. The van der Waals surface area contributed by atoms with Crippen molar-refractivity contribution in [2.45, 2.75) is 24.8 Å². The van der Waals surface area contributed by atoms with Crippen LogP contribution < -0.4 is 0 Å². The maximum absolute atomic E-state index is 5.46. The molecule has 3 heteroatoms. The summed E-state index contributed by atoms with van der Waals surface area (Å²) in [6, 6.07) is 9.55. The van der Waals surface area contributed by atoms with Crippen LogP contribution in [0.25, 0.3) is 0 Å². The molecule has 100 valence electrons. The fraction of sp³-hybridized carbons (Fsp3) is 0.600. The highest BCUT2D eigenvalue weighted by atomic mass is 32.2. The molecule has 0 bridgehead atoms. The van der Waals surface area contributed by atoms with Crippen molar-refractivity contribution in [3.8, 4) is 0 Å². The third kappa shape index (κ3) is 3.28. The van der Waals surface area contributed by atoms with Gasteiger partial charge in [0.05, 0.1) is 13.2 Å². The van der Waals surface area contributed by atoms with E-state index in [1.54, 1.807) is 11.8 Å². The second-order valence-electron chi connectivity index (χ2n) is 5.11. The van der Waals surface area contributed by atoms with Crippen LogP contribution in [0, 0.1) is 5.92 Å². The summed E-state index contributed by atoms with van der Waals surface area (Å²) >= 11 is 1.80. The Kier molecular flexibility index (Phi) is 5.10. The summed E-state index contributed by atoms with van der Waals surface area (Å²) in [5, 5.41) is 0. The van der Waals surface area contributed by atoms with Gasteiger partial charge in [0, 0.05) is 24.0 Å². The van der Waals surface area contributed by atoms with Gasteiger partial charge in [0.1, 0.15) is 0 Å². The molecular formula is C15H23NOS. The van der Waals surface area contributed by atoms with E-state index in [4.69, 9.17) is 4.74 Å². The van der Waals surface area contributed by atoms with Gasteiger partial charge in [-0.05, 0) is 29.9 Å². The van der Waals surface area contributed by atoms with E-state index in [0.29, 0.717) is 12.0 Å². The van der Waals surface area contributed by atoms with Crippen molar-refractivity contribution in [3.05, 3.63) is 29.8 Å². The molecule has 1 aliphatic rings. The minimum absolute atomic E-state index is 0.518. The van der Waals surface area contributed by atoms with Gasteiger partial charge in [-0.1, -0.05) is 26.0 Å². The van der Waals surface area contributed by atoms with Gasteiger partial charge in [0.15, 0.2) is 0 Å². The molecule has 0 spiro atoms. The number of nitrogens with zero attached hydrogens (tertiary/aromatic N) is 1. The zero-order chi connectivity index (χ0) is 13.0. The van der Waals surface area contributed by atoms with Crippen molar-refractivity contribution >= 4 is 11.8 Å². The van der Waals surface area contributed by atoms with E-state index < -0.39 is 0 Å². The molecule has 1 aromatic carbocycles. The number of thioether (sulfide) groups is 1. The highest BCUT2D eigenvalue weighted by Crippen LogP contribution is 2.30. The monoisotopic (exact) mass is 265 g/mol. The van der Waals surface area contributed by atoms with Crippen LogP contribution in [0.3, 0.4) is 0 Å². The van der Waals surface area contributed by atoms with Crippen molar-refractivity contribution in [1.82, 2.24) is 4.90 Å². The number of hydrogen-bond donors (Lipinski definition) is 0. The van der Waals surface area contributed by atoms with Gasteiger partial charge < -0.3 is 4.74 Å². The smallest absolute Gasteiger partial charge is 0.0594 e. The summed E-state index contributed by atoms with van der Waals surface area (Å²) in [6.45, 7) is 8.45. The summed E-state index contributed by atoms with van der Waals surface area (Å²) in [6.07, 6.45) is 2.12. The molecule has 0 aromatic heterocycles. The predicted molar refractivity (Wildman–Crippen MR) is 78.2 cm³/mol. The van der Waals surface area contributed by atoms with Gasteiger partial charge >= 0.3 is 0 Å². The van der Waals surface area contributed by atoms with Gasteiger partial charge in [-0.25, -0.2) is 0 Å². The molecule has 1 saturated heterocycles. The minimum Gasteiger partial charge on any atom is -0.379 e. The second-order valence-corrected chi connectivity index (χ2v) is 5.99. The molecule has 0 saturated carbocycles. The largest absolute Gasteiger partial charge is 0.379 e. The molecule has 0 radical (unpaired) electrons. The zero-order valence-electron chi connectivity index (χ0n) is 11.6. The lowest BCUT2D eigenvalue weighted by atomic mass is 9.94. The molecular weight excluding hydrogens is 242 g/mol. The first-order valence-electron chi connectivity index (χ1n) is 6.68. The van der Waals surface area contributed by atoms with Crippen LogP contribution >= 0.6 is 11.8 Å². The summed E-state index contributed by atoms with van der Waals surface area (Å²) in [5.41, 5.74) is 1.43. The van der Waals surface area contributed by atoms with Crippen molar-refractivity contribution in [1.29, 1.82) is 0 Å². The standard InChI is InChI=1S/C15H23NOS/c1-12(2)15(16-8-10-17-11-9-16)13-4-6-14(18-3)7-5-13/h4-7,12,15H,8-11H2,1-3H3. The first kappa shape index (κ1) is 13.9. The van der Waals surface area contributed by atoms with Crippen LogP contribution in [0.15, 0.2) is 29.2 Å². The van der Waals surface area contributed by atoms with Crippen LogP contribution in [-0.4, -0.2) is 37.5 Å². The Morgan fingerprint density at radius 3 is 2.22 bits per heavy atom. The Hall–Kier alpha value is -0.510. The van der Waals surface area contributed by atoms with Crippen LogP contribution in [0.1, 0.15) is 25.5 Å². The van der Waals surface area contributed by atoms with E-state index in [1.807, 2.05) is 0 Å². The fourth-order valence-corrected chi connectivity index (χ4v) is 3.08. The molecule has 1 fully saturated rings. The third-order valence-electron chi connectivity index (χ3n) is 3.53. The maximum atomic E-state index is 5.46. The highest BCUT2D eigenvalue weighted by Gasteiger charge is 2.25. The van der Waals surface area contributed by atoms with Crippen LogP contribution in [-0.2, 0) is 4.74 Å². The molecule has 2 nitrogen and oxygen atoms in total. The number of ether oxygens (including phenoxy) is 1. The molecule has 0 amide bonds. The van der Waals surface area contributed by atoms with E-state index in [0.717, 1.165) is 26.3 Å². The summed E-state index contributed by atoms with van der Waals surface area (Å²) < 4.78 is 5.46. The fourth-order valence-electron chi connectivity index (χ4n) is 2.67. The van der Waals surface area contributed by atoms with Gasteiger partial charge in [0.25, 0.3) is 0 Å². The number of morpholine rings is 1. The van der Waals surface area contributed by atoms with Crippen molar-refractivity contribution in [2.75, 3.05) is 32.6 Å². The van der Waals surface area contributed by atoms with Gasteiger partial charge in [0.2, 0.25) is 0 Å². The van der Waals surface area contributed by atoms with Crippen molar-refractivity contribution < 1.29 is 4.74 Å². The summed E-state index contributed by atoms with van der Waals surface area (Å²) in [4.78, 5) is 3.89. The average Bonchev–Trinajstić information content (AvgIpc) is 2.40. The predicted octanol–water partition coefficient (Wildman–Crippen LogP) is 3.44. The van der Waals surface area contributed by atoms with Gasteiger partial charge in [-0.2, -0.15) is 0 Å². The lowest BCUT2D eigenvalue weighted by molar-refractivity contribution is 0.00562. The lowest BCUT2D eigenvalue weighted by Crippen LogP contribution is -2.40. The lowest BCUT2D eigenvalue weighted by Gasteiger charge is -2.37. The van der Waals surface area contributed by atoms with Crippen LogP contribution in [0.2, 0.25) is 0 Å². The van der Waals surface area contributed by atoms with Crippen molar-refractivity contribution in [2.24, 2.45) is 5.92 Å². The number of hydrogen-bond acceptors (Lipinski definition) is 3. The van der Waals surface area contributed by atoms with E-state index in [1.165, 1.54) is 10.5 Å². The summed E-state index contributed by atoms with van der Waals surface area (Å²) in [5.74, 6) is 0.628. The van der Waals surface area contributed by atoms with E-state index in [-0.39, 0.29) is 0 Å². The average molecular weight is 265 g/mol. The molecule has 1 aliphatic heterocycles. The minimum atomic E-state index is 0.518. The first-order valence-corrected chi connectivity index (χ1v) is 7.90. The molecule has 1 heterocycles. The highest BCUT2D eigenvalue weighted by molar-refractivity contribution is 7.98. The summed E-state index contributed by atoms with van der Waals surface area (Å²) in [7, 11) is 0. The van der Waals surface area contributed by atoms with Crippen LogP contribution in [0.4, 0.5) is 0 Å². The normalized spacial score (nSPS) is 19.1. The topological polar surface area (TPSA) is 12.5 Å². The van der Waals surface area contributed by atoms with E-state index >= 15 is 0 Å². The van der Waals surface area contributed by atoms with E-state index in [2.05, 4.69) is 49.3 Å². The Morgan fingerprint density at radius 2 is 1.72 bits per heavy atom. The van der Waals surface area contributed by atoms with E-state index in [9.17, 15) is 0 Å². The Morgan fingerprint density at radius 1 is 1.11 bits per heavy atom.